The monoisotopic (exact) mass is 574 g/mol. The smallest absolute Gasteiger partial charge is 0.0720 e. The van der Waals surface area contributed by atoms with Gasteiger partial charge in [0.15, 0.2) is 0 Å². The maximum atomic E-state index is 10.8. The second-order valence-corrected chi connectivity index (χ2v) is 10.4. The number of benzene rings is 2. The van der Waals surface area contributed by atoms with Crippen LogP contribution in [-0.2, 0) is 18.4 Å². The van der Waals surface area contributed by atoms with E-state index in [1.54, 1.807) is 11.1 Å². The number of halogens is 3. The Balaban J connectivity index is 0.00000136. The Labute approximate surface area is 212 Å². The quantitative estimate of drug-likeness (QED) is 0.520. The predicted molar refractivity (Wildman–Crippen MR) is 141 cm³/mol. The molecule has 0 amide bonds. The number of aliphatic hydroxyl groups excluding tert-OH is 1. The first kappa shape index (κ1) is 25.3. The molecule has 31 heavy (non-hydrogen) atoms. The van der Waals surface area contributed by atoms with Gasteiger partial charge in [-0.25, -0.2) is 0 Å². The fourth-order valence-corrected chi connectivity index (χ4v) is 6.48. The van der Waals surface area contributed by atoms with Crippen molar-refractivity contribution in [2.24, 2.45) is 0 Å². The normalized spacial score (nSPS) is 25.5. The van der Waals surface area contributed by atoms with E-state index in [0.717, 1.165) is 39.1 Å². The fourth-order valence-electron chi connectivity index (χ4n) is 5.92. The van der Waals surface area contributed by atoms with E-state index in [0.29, 0.717) is 5.41 Å². The zero-order valence-corrected chi connectivity index (χ0v) is 21.7. The SMILES string of the molecule is Cl.Cl.OC1CCN(Cc2ccccc2I)CC1N1CCC2(CCc3ccccc32)CC1. The van der Waals surface area contributed by atoms with Gasteiger partial charge in [0, 0.05) is 29.2 Å². The zero-order valence-electron chi connectivity index (χ0n) is 17.9. The van der Waals surface area contributed by atoms with Gasteiger partial charge in [-0.05, 0) is 96.0 Å². The van der Waals surface area contributed by atoms with E-state index in [-0.39, 0.29) is 37.0 Å². The zero-order chi connectivity index (χ0) is 19.8. The Morgan fingerprint density at radius 1 is 0.935 bits per heavy atom. The van der Waals surface area contributed by atoms with Crippen LogP contribution >= 0.6 is 47.4 Å². The van der Waals surface area contributed by atoms with Crippen molar-refractivity contribution in [1.82, 2.24) is 9.80 Å². The van der Waals surface area contributed by atoms with Crippen molar-refractivity contribution in [1.29, 1.82) is 0 Å². The molecule has 170 valence electrons. The molecule has 2 aromatic carbocycles. The van der Waals surface area contributed by atoms with Crippen LogP contribution in [0.3, 0.4) is 0 Å². The molecule has 2 aromatic rings. The van der Waals surface area contributed by atoms with E-state index in [4.69, 9.17) is 0 Å². The molecular formula is C25H33Cl2IN2O. The third kappa shape index (κ3) is 5.10. The maximum Gasteiger partial charge on any atom is 0.0720 e. The number of fused-ring (bicyclic) bond motifs is 2. The topological polar surface area (TPSA) is 26.7 Å². The van der Waals surface area contributed by atoms with Crippen molar-refractivity contribution < 1.29 is 5.11 Å². The molecule has 5 rings (SSSR count). The summed E-state index contributed by atoms with van der Waals surface area (Å²) in [4.78, 5) is 5.14. The maximum absolute atomic E-state index is 10.8. The molecule has 3 nitrogen and oxygen atoms in total. The summed E-state index contributed by atoms with van der Waals surface area (Å²) in [6.45, 7) is 5.20. The number of piperidine rings is 2. The van der Waals surface area contributed by atoms with E-state index >= 15 is 0 Å². The molecule has 1 aliphatic carbocycles. The molecule has 6 heteroatoms. The fraction of sp³-hybridized carbons (Fsp3) is 0.520. The van der Waals surface area contributed by atoms with E-state index in [9.17, 15) is 5.11 Å². The Morgan fingerprint density at radius 2 is 1.65 bits per heavy atom. The molecule has 0 aromatic heterocycles. The minimum Gasteiger partial charge on any atom is -0.391 e. The van der Waals surface area contributed by atoms with Gasteiger partial charge in [0.25, 0.3) is 0 Å². The van der Waals surface area contributed by atoms with Crippen molar-refractivity contribution in [2.45, 2.75) is 56.2 Å². The summed E-state index contributed by atoms with van der Waals surface area (Å²) in [6, 6.07) is 18.1. The Morgan fingerprint density at radius 3 is 2.42 bits per heavy atom. The van der Waals surface area contributed by atoms with Gasteiger partial charge in [-0.15, -0.1) is 24.8 Å². The Kier molecular flexibility index (Phi) is 8.72. The van der Waals surface area contributed by atoms with Crippen LogP contribution in [0.4, 0.5) is 0 Å². The number of nitrogens with zero attached hydrogens (tertiary/aromatic N) is 2. The standard InChI is InChI=1S/C25H31IN2O.2ClH/c26-22-8-4-2-6-20(22)17-27-14-10-24(29)23(18-27)28-15-12-25(13-16-28)11-9-19-5-1-3-7-21(19)25;;/h1-8,23-24,29H,9-18H2;2*1H. The van der Waals surface area contributed by atoms with Crippen LogP contribution in [-0.4, -0.2) is 53.2 Å². The number of rotatable bonds is 3. The number of aliphatic hydroxyl groups is 1. The average Bonchev–Trinajstić information content (AvgIpc) is 3.10. The van der Waals surface area contributed by atoms with Crippen molar-refractivity contribution in [3.05, 3.63) is 68.8 Å². The van der Waals surface area contributed by atoms with Crippen LogP contribution in [0.2, 0.25) is 0 Å². The lowest BCUT2D eigenvalue weighted by atomic mass is 9.73. The molecule has 2 saturated heterocycles. The first-order valence-electron chi connectivity index (χ1n) is 11.1. The largest absolute Gasteiger partial charge is 0.391 e. The summed E-state index contributed by atoms with van der Waals surface area (Å²) in [7, 11) is 0. The van der Waals surface area contributed by atoms with Crippen molar-refractivity contribution in [2.75, 3.05) is 26.2 Å². The first-order chi connectivity index (χ1) is 14.1. The summed E-state index contributed by atoms with van der Waals surface area (Å²) in [5.41, 5.74) is 4.99. The van der Waals surface area contributed by atoms with E-state index in [1.807, 2.05) is 0 Å². The molecule has 0 saturated carbocycles. The summed E-state index contributed by atoms with van der Waals surface area (Å²) < 4.78 is 1.34. The van der Waals surface area contributed by atoms with Crippen molar-refractivity contribution in [3.63, 3.8) is 0 Å². The van der Waals surface area contributed by atoms with Crippen LogP contribution < -0.4 is 0 Å². The summed E-state index contributed by atoms with van der Waals surface area (Å²) in [6.07, 6.45) is 5.73. The molecule has 1 spiro atoms. The van der Waals surface area contributed by atoms with Gasteiger partial charge in [0.2, 0.25) is 0 Å². The average molecular weight is 575 g/mol. The second-order valence-electron chi connectivity index (χ2n) is 9.22. The molecule has 0 radical (unpaired) electrons. The van der Waals surface area contributed by atoms with Crippen molar-refractivity contribution in [3.8, 4) is 0 Å². The summed E-state index contributed by atoms with van der Waals surface area (Å²) in [5, 5.41) is 10.8. The number of hydrogen-bond donors (Lipinski definition) is 1. The van der Waals surface area contributed by atoms with Crippen LogP contribution in [0.5, 0.6) is 0 Å². The van der Waals surface area contributed by atoms with E-state index in [2.05, 4.69) is 80.9 Å². The summed E-state index contributed by atoms with van der Waals surface area (Å²) >= 11 is 2.44. The number of aryl methyl sites for hydroxylation is 1. The molecule has 2 unspecified atom stereocenters. The van der Waals surface area contributed by atoms with Gasteiger partial charge >= 0.3 is 0 Å². The molecule has 3 aliphatic rings. The van der Waals surface area contributed by atoms with Crippen LogP contribution in [0.1, 0.15) is 42.4 Å². The number of hydrogen-bond acceptors (Lipinski definition) is 3. The van der Waals surface area contributed by atoms with E-state index in [1.165, 1.54) is 34.8 Å². The summed E-state index contributed by atoms with van der Waals surface area (Å²) in [5.74, 6) is 0. The predicted octanol–water partition coefficient (Wildman–Crippen LogP) is 5.05. The van der Waals surface area contributed by atoms with Crippen molar-refractivity contribution >= 4 is 47.4 Å². The molecular weight excluding hydrogens is 542 g/mol. The van der Waals surface area contributed by atoms with Crippen LogP contribution in [0, 0.1) is 3.57 Å². The molecule has 2 heterocycles. The molecule has 2 atom stereocenters. The first-order valence-corrected chi connectivity index (χ1v) is 12.2. The minimum absolute atomic E-state index is 0. The molecule has 2 aliphatic heterocycles. The van der Waals surface area contributed by atoms with Gasteiger partial charge in [-0.3, -0.25) is 9.80 Å². The van der Waals surface area contributed by atoms with Gasteiger partial charge < -0.3 is 5.11 Å². The highest BCUT2D eigenvalue weighted by atomic mass is 127. The molecule has 0 bridgehead atoms. The highest BCUT2D eigenvalue weighted by Gasteiger charge is 2.43. The van der Waals surface area contributed by atoms with Gasteiger partial charge in [0.1, 0.15) is 0 Å². The minimum atomic E-state index is -0.189. The van der Waals surface area contributed by atoms with Crippen LogP contribution in [0.25, 0.3) is 0 Å². The Bertz CT molecular complexity index is 872. The highest BCUT2D eigenvalue weighted by Crippen LogP contribution is 2.46. The number of likely N-dealkylation sites (tertiary alicyclic amines) is 2. The van der Waals surface area contributed by atoms with Crippen LogP contribution in [0.15, 0.2) is 48.5 Å². The molecule has 2 fully saturated rings. The van der Waals surface area contributed by atoms with Gasteiger partial charge in [-0.2, -0.15) is 0 Å². The molecule has 1 N–H and O–H groups in total. The Hall–Kier alpha value is -0.370. The second kappa shape index (κ2) is 10.7. The lowest BCUT2D eigenvalue weighted by molar-refractivity contribution is -0.0285. The third-order valence-electron chi connectivity index (χ3n) is 7.67. The lowest BCUT2D eigenvalue weighted by Gasteiger charge is -2.47. The van der Waals surface area contributed by atoms with Gasteiger partial charge in [-0.1, -0.05) is 42.5 Å². The lowest BCUT2D eigenvalue weighted by Crippen LogP contribution is -2.57. The van der Waals surface area contributed by atoms with Gasteiger partial charge in [0.05, 0.1) is 6.10 Å². The highest BCUT2D eigenvalue weighted by molar-refractivity contribution is 14.1. The third-order valence-corrected chi connectivity index (χ3v) is 8.72. The van der Waals surface area contributed by atoms with E-state index < -0.39 is 0 Å².